The van der Waals surface area contributed by atoms with E-state index in [1.807, 2.05) is 0 Å². The fraction of sp³-hybridized carbons (Fsp3) is 0. The van der Waals surface area contributed by atoms with Gasteiger partial charge in [0, 0.05) is 0 Å². The Hall–Kier alpha value is -2.45. The molecule has 5 rings (SSSR count). The molecular formula is C24H19Cl2F4N3O4P3+3. The Morgan fingerprint density at radius 2 is 0.650 bits per heavy atom. The van der Waals surface area contributed by atoms with Crippen molar-refractivity contribution in [2.75, 3.05) is 0 Å². The van der Waals surface area contributed by atoms with Crippen molar-refractivity contribution in [3.63, 3.8) is 0 Å². The van der Waals surface area contributed by atoms with Crippen molar-refractivity contribution in [2.24, 2.45) is 0 Å². The maximum Gasteiger partial charge on any atom is 0.597 e. The van der Waals surface area contributed by atoms with Crippen molar-refractivity contribution < 1.29 is 35.7 Å². The van der Waals surface area contributed by atoms with E-state index in [9.17, 15) is 17.6 Å². The maximum absolute atomic E-state index is 13.7. The number of nitrogens with one attached hydrogen (secondary N) is 3. The van der Waals surface area contributed by atoms with Crippen molar-refractivity contribution in [3.8, 4) is 23.0 Å². The minimum absolute atomic E-state index is 0.147. The first-order chi connectivity index (χ1) is 19.0. The van der Waals surface area contributed by atoms with E-state index < -0.39 is 45.6 Å². The van der Waals surface area contributed by atoms with Crippen LogP contribution >= 0.6 is 44.8 Å². The molecule has 1 saturated heterocycles. The van der Waals surface area contributed by atoms with E-state index in [2.05, 4.69) is 14.6 Å². The lowest BCUT2D eigenvalue weighted by atomic mass is 10.3. The molecule has 0 aliphatic carbocycles. The lowest BCUT2D eigenvalue weighted by Crippen LogP contribution is -2.46. The van der Waals surface area contributed by atoms with Crippen LogP contribution in [0.3, 0.4) is 0 Å². The van der Waals surface area contributed by atoms with Gasteiger partial charge in [0.1, 0.15) is 23.3 Å². The molecule has 2 unspecified atom stereocenters. The van der Waals surface area contributed by atoms with E-state index in [-0.39, 0.29) is 23.0 Å². The molecule has 208 valence electrons. The number of hydrogen-bond donors (Lipinski definition) is 3. The summed E-state index contributed by atoms with van der Waals surface area (Å²) in [6.45, 7) is 0. The van der Waals surface area contributed by atoms with Crippen LogP contribution in [0.15, 0.2) is 97.1 Å². The SMILES string of the molecule is Fc1ccc(O[P+]2(Cl)N[P+](Cl)(Oc3ccc(F)cc3)N[P+](Oc3ccc(F)cc3)(Oc3ccc(F)cc3)N2)cc1. The van der Waals surface area contributed by atoms with Gasteiger partial charge < -0.3 is 0 Å². The minimum atomic E-state index is -3.77. The fourth-order valence-electron chi connectivity index (χ4n) is 3.32. The Labute approximate surface area is 237 Å². The average molecular weight is 653 g/mol. The second-order valence-corrected chi connectivity index (χ2v) is 17.3. The highest BCUT2D eigenvalue weighted by molar-refractivity contribution is 8.12. The lowest BCUT2D eigenvalue weighted by Gasteiger charge is -2.31. The molecule has 1 fully saturated rings. The molecule has 2 atom stereocenters. The normalized spacial score (nSPS) is 21.9. The highest BCUT2D eigenvalue weighted by Gasteiger charge is 2.80. The van der Waals surface area contributed by atoms with Gasteiger partial charge in [-0.15, -0.1) is 0 Å². The predicted octanol–water partition coefficient (Wildman–Crippen LogP) is 9.15. The summed E-state index contributed by atoms with van der Waals surface area (Å²) in [4.78, 5) is 8.93. The first-order valence-corrected chi connectivity index (χ1v) is 18.1. The van der Waals surface area contributed by atoms with Crippen LogP contribution in [0.2, 0.25) is 0 Å². The Morgan fingerprint density at radius 3 is 0.925 bits per heavy atom. The van der Waals surface area contributed by atoms with Crippen LogP contribution < -0.4 is 32.7 Å². The molecule has 40 heavy (non-hydrogen) atoms. The zero-order chi connectivity index (χ0) is 28.4. The fourth-order valence-corrected chi connectivity index (χ4v) is 16.6. The summed E-state index contributed by atoms with van der Waals surface area (Å²) in [5.74, 6) is -1.40. The van der Waals surface area contributed by atoms with Gasteiger partial charge in [0.15, 0.2) is 45.5 Å². The van der Waals surface area contributed by atoms with Crippen molar-refractivity contribution >= 4 is 44.8 Å². The molecule has 0 saturated carbocycles. The molecule has 4 aromatic carbocycles. The summed E-state index contributed by atoms with van der Waals surface area (Å²) in [6.07, 6.45) is 0. The van der Waals surface area contributed by atoms with E-state index in [1.165, 1.54) is 97.1 Å². The third-order valence-corrected chi connectivity index (χ3v) is 16.2. The highest BCUT2D eigenvalue weighted by atomic mass is 35.7. The zero-order valence-corrected chi connectivity index (χ0v) is 24.2. The van der Waals surface area contributed by atoms with Gasteiger partial charge in [-0.05, 0) is 97.1 Å². The second-order valence-electron chi connectivity index (χ2n) is 8.10. The van der Waals surface area contributed by atoms with Crippen LogP contribution in [-0.2, 0) is 0 Å². The smallest absolute Gasteiger partial charge is 0.286 e. The monoisotopic (exact) mass is 652 g/mol. The van der Waals surface area contributed by atoms with Gasteiger partial charge in [0.05, 0.1) is 14.6 Å². The third-order valence-electron chi connectivity index (χ3n) is 4.96. The Bertz CT molecular complexity index is 1350. The first-order valence-electron chi connectivity index (χ1n) is 11.3. The molecular weight excluding hydrogens is 634 g/mol. The Balaban J connectivity index is 1.57. The molecule has 1 aliphatic rings. The number of rotatable bonds is 8. The number of halogens is 6. The largest absolute Gasteiger partial charge is 0.597 e. The van der Waals surface area contributed by atoms with Gasteiger partial charge >= 0.3 is 22.3 Å². The van der Waals surface area contributed by atoms with Crippen molar-refractivity contribution in [1.82, 2.24) is 14.6 Å². The summed E-state index contributed by atoms with van der Waals surface area (Å²) >= 11 is 14.0. The van der Waals surface area contributed by atoms with E-state index >= 15 is 0 Å². The van der Waals surface area contributed by atoms with Crippen molar-refractivity contribution in [2.45, 2.75) is 0 Å². The van der Waals surface area contributed by atoms with Gasteiger partial charge in [-0.3, -0.25) is 18.1 Å². The molecule has 0 spiro atoms. The summed E-state index contributed by atoms with van der Waals surface area (Å²) in [6, 6.07) is 20.2. The molecule has 7 nitrogen and oxygen atoms in total. The average Bonchev–Trinajstić information content (AvgIpc) is 2.89. The molecule has 0 amide bonds. The summed E-state index contributed by atoms with van der Waals surface area (Å²) < 4.78 is 78.9. The second kappa shape index (κ2) is 11.8. The topological polar surface area (TPSA) is 73.0 Å². The van der Waals surface area contributed by atoms with Crippen LogP contribution in [0, 0.1) is 23.3 Å². The first kappa shape index (κ1) is 29.1. The minimum Gasteiger partial charge on any atom is -0.286 e. The third kappa shape index (κ3) is 7.43. The predicted molar refractivity (Wildman–Crippen MR) is 150 cm³/mol. The summed E-state index contributed by atoms with van der Waals surface area (Å²) in [5, 5.41) is 0. The lowest BCUT2D eigenvalue weighted by molar-refractivity contribution is 0.439. The van der Waals surface area contributed by atoms with Crippen LogP contribution in [0.1, 0.15) is 0 Å². The molecule has 1 aliphatic heterocycles. The van der Waals surface area contributed by atoms with Gasteiger partial charge in [-0.2, -0.15) is 0 Å². The summed E-state index contributed by atoms with van der Waals surface area (Å²) in [7, 11) is -11.0. The van der Waals surface area contributed by atoms with Crippen LogP contribution in [-0.4, -0.2) is 0 Å². The van der Waals surface area contributed by atoms with Gasteiger partial charge in [0.2, 0.25) is 0 Å². The van der Waals surface area contributed by atoms with Crippen LogP contribution in [0.5, 0.6) is 23.0 Å². The molecule has 3 N–H and O–H groups in total. The van der Waals surface area contributed by atoms with Crippen LogP contribution in [0.25, 0.3) is 0 Å². The van der Waals surface area contributed by atoms with Crippen molar-refractivity contribution in [3.05, 3.63) is 120 Å². The molecule has 4 aromatic rings. The Morgan fingerprint density at radius 1 is 0.400 bits per heavy atom. The van der Waals surface area contributed by atoms with E-state index in [1.54, 1.807) is 0 Å². The van der Waals surface area contributed by atoms with Gasteiger partial charge in [-0.1, -0.05) is 0 Å². The number of hydrogen-bond acceptors (Lipinski definition) is 7. The van der Waals surface area contributed by atoms with Gasteiger partial charge in [0.25, 0.3) is 0 Å². The van der Waals surface area contributed by atoms with E-state index in [4.69, 9.17) is 40.6 Å². The van der Waals surface area contributed by atoms with Crippen molar-refractivity contribution in [1.29, 1.82) is 0 Å². The van der Waals surface area contributed by atoms with Crippen LogP contribution in [0.4, 0.5) is 17.6 Å². The van der Waals surface area contributed by atoms with E-state index in [0.29, 0.717) is 0 Å². The summed E-state index contributed by atoms with van der Waals surface area (Å²) in [5.41, 5.74) is 0. The molecule has 0 radical (unpaired) electrons. The zero-order valence-electron chi connectivity index (χ0n) is 20.0. The Kier molecular flexibility index (Phi) is 8.58. The maximum atomic E-state index is 13.7. The highest BCUT2D eigenvalue weighted by Crippen LogP contribution is 2.83. The molecule has 0 bridgehead atoms. The van der Waals surface area contributed by atoms with Gasteiger partial charge in [-0.25, -0.2) is 17.6 Å². The number of benzene rings is 4. The van der Waals surface area contributed by atoms with E-state index in [0.717, 1.165) is 0 Å². The molecule has 1 heterocycles. The standard InChI is InChI=1S/C24H19Cl2F4N3O4P3/c25-38(34-21-9-1-17(27)2-10-21)31-39(26,35-22-11-3-18(28)4-12-22)33-40(32-38,36-23-13-5-19(29)6-14-23)37-24-15-7-20(30)8-16-24/h1-16,31-33H/q+3. The quantitative estimate of drug-likeness (QED) is 0.129. The molecule has 0 aromatic heterocycles. The molecule has 16 heteroatoms.